The van der Waals surface area contributed by atoms with Crippen molar-refractivity contribution in [3.63, 3.8) is 0 Å². The molecule has 0 aromatic carbocycles. The molecule has 0 saturated carbocycles. The van der Waals surface area contributed by atoms with Crippen molar-refractivity contribution < 1.29 is 0 Å². The van der Waals surface area contributed by atoms with Crippen molar-refractivity contribution in [3.05, 3.63) is 33.5 Å². The van der Waals surface area contributed by atoms with Gasteiger partial charge in [0.1, 0.15) is 12.7 Å². The number of aromatic nitrogens is 3. The van der Waals surface area contributed by atoms with E-state index < -0.39 is 0 Å². The highest BCUT2D eigenvalue weighted by atomic mass is 127. The number of nitrogens with zero attached hydrogens (tertiary/aromatic N) is 6. The molecule has 2 aromatic rings. The highest BCUT2D eigenvalue weighted by molar-refractivity contribution is 14.0. The highest BCUT2D eigenvalue weighted by Crippen LogP contribution is 2.23. The molecular weight excluding hydrogens is 541 g/mol. The summed E-state index contributed by atoms with van der Waals surface area (Å²) < 4.78 is 3.22. The van der Waals surface area contributed by atoms with Gasteiger partial charge in [-0.25, -0.2) is 0 Å². The number of piperazine rings is 1. The van der Waals surface area contributed by atoms with Crippen LogP contribution in [0.5, 0.6) is 0 Å². The van der Waals surface area contributed by atoms with Crippen molar-refractivity contribution >= 4 is 57.2 Å². The molecular formula is C17H27BrIN7S. The fourth-order valence-electron chi connectivity index (χ4n) is 3.06. The Morgan fingerprint density at radius 2 is 1.93 bits per heavy atom. The molecule has 1 N–H and O–H groups in total. The van der Waals surface area contributed by atoms with Gasteiger partial charge in [-0.1, -0.05) is 0 Å². The molecule has 1 aliphatic heterocycles. The molecule has 1 aliphatic rings. The predicted molar refractivity (Wildman–Crippen MR) is 125 cm³/mol. The van der Waals surface area contributed by atoms with E-state index >= 15 is 0 Å². The van der Waals surface area contributed by atoms with E-state index in [2.05, 4.69) is 58.4 Å². The van der Waals surface area contributed by atoms with Crippen molar-refractivity contribution in [2.45, 2.75) is 25.9 Å². The molecule has 0 unspecified atom stereocenters. The second kappa shape index (κ2) is 12.0. The van der Waals surface area contributed by atoms with Crippen molar-refractivity contribution in [1.82, 2.24) is 29.9 Å². The largest absolute Gasteiger partial charge is 0.356 e. The number of hydrogen-bond donors (Lipinski definition) is 1. The minimum absolute atomic E-state index is 0. The van der Waals surface area contributed by atoms with Gasteiger partial charge in [0, 0.05) is 57.7 Å². The Morgan fingerprint density at radius 1 is 1.19 bits per heavy atom. The summed E-state index contributed by atoms with van der Waals surface area (Å²) in [7, 11) is 1.87. The quantitative estimate of drug-likeness (QED) is 0.241. The molecule has 1 saturated heterocycles. The monoisotopic (exact) mass is 567 g/mol. The second-order valence-electron chi connectivity index (χ2n) is 6.35. The summed E-state index contributed by atoms with van der Waals surface area (Å²) in [6.45, 7) is 7.13. The summed E-state index contributed by atoms with van der Waals surface area (Å²) in [4.78, 5) is 10.7. The van der Waals surface area contributed by atoms with Crippen LogP contribution in [0, 0.1) is 0 Å². The van der Waals surface area contributed by atoms with Gasteiger partial charge in [-0.2, -0.15) is 0 Å². The molecule has 27 heavy (non-hydrogen) atoms. The first-order chi connectivity index (χ1) is 12.7. The molecule has 0 bridgehead atoms. The van der Waals surface area contributed by atoms with Crippen LogP contribution in [0.1, 0.15) is 17.7 Å². The Kier molecular flexibility index (Phi) is 10.0. The highest BCUT2D eigenvalue weighted by Gasteiger charge is 2.19. The Balaban J connectivity index is 0.00000261. The van der Waals surface area contributed by atoms with E-state index in [1.165, 1.54) is 8.66 Å². The number of aliphatic imine (C=N–C) groups is 1. The van der Waals surface area contributed by atoms with E-state index in [0.29, 0.717) is 0 Å². The fourth-order valence-corrected chi connectivity index (χ4v) is 4.59. The average molecular weight is 568 g/mol. The van der Waals surface area contributed by atoms with Crippen LogP contribution in [-0.2, 0) is 13.1 Å². The third kappa shape index (κ3) is 7.31. The molecule has 3 heterocycles. The van der Waals surface area contributed by atoms with E-state index in [1.54, 1.807) is 12.7 Å². The summed E-state index contributed by atoms with van der Waals surface area (Å²) >= 11 is 5.36. The molecule has 10 heteroatoms. The lowest BCUT2D eigenvalue weighted by molar-refractivity contribution is 0.173. The molecule has 7 nitrogen and oxygen atoms in total. The van der Waals surface area contributed by atoms with Gasteiger partial charge < -0.3 is 14.8 Å². The molecule has 0 atom stereocenters. The minimum Gasteiger partial charge on any atom is -0.356 e. The molecule has 150 valence electrons. The van der Waals surface area contributed by atoms with Gasteiger partial charge in [0.2, 0.25) is 0 Å². The van der Waals surface area contributed by atoms with Crippen LogP contribution in [-0.4, -0.2) is 70.3 Å². The normalized spacial score (nSPS) is 15.6. The van der Waals surface area contributed by atoms with Gasteiger partial charge in [-0.3, -0.25) is 9.89 Å². The predicted octanol–water partition coefficient (Wildman–Crippen LogP) is 2.89. The number of rotatable bonds is 7. The Bertz CT molecular complexity index is 683. The number of guanidine groups is 1. The number of unbranched alkanes of at least 4 members (excludes halogenated alkanes) is 1. The topological polar surface area (TPSA) is 61.6 Å². The van der Waals surface area contributed by atoms with Gasteiger partial charge in [0.05, 0.1) is 3.79 Å². The van der Waals surface area contributed by atoms with Crippen LogP contribution in [0.4, 0.5) is 0 Å². The lowest BCUT2D eigenvalue weighted by Gasteiger charge is -2.36. The fraction of sp³-hybridized carbons (Fsp3) is 0.588. The zero-order valence-electron chi connectivity index (χ0n) is 15.6. The minimum atomic E-state index is 0. The number of aryl methyl sites for hydroxylation is 1. The smallest absolute Gasteiger partial charge is 0.193 e. The zero-order valence-corrected chi connectivity index (χ0v) is 20.3. The first-order valence-electron chi connectivity index (χ1n) is 8.99. The molecule has 0 spiro atoms. The van der Waals surface area contributed by atoms with Gasteiger partial charge in [0.15, 0.2) is 5.96 Å². The van der Waals surface area contributed by atoms with Gasteiger partial charge >= 0.3 is 0 Å². The lowest BCUT2D eigenvalue weighted by Crippen LogP contribution is -2.52. The third-order valence-corrected chi connectivity index (χ3v) is 6.09. The first kappa shape index (κ1) is 22.6. The van der Waals surface area contributed by atoms with E-state index in [-0.39, 0.29) is 24.0 Å². The van der Waals surface area contributed by atoms with Crippen LogP contribution >= 0.6 is 51.2 Å². The summed E-state index contributed by atoms with van der Waals surface area (Å²) in [6.07, 6.45) is 5.73. The van der Waals surface area contributed by atoms with Crippen LogP contribution < -0.4 is 5.32 Å². The van der Waals surface area contributed by atoms with Crippen molar-refractivity contribution in [2.24, 2.45) is 4.99 Å². The second-order valence-corrected chi connectivity index (χ2v) is 8.90. The molecule has 1 fully saturated rings. The molecule has 3 rings (SSSR count). The summed E-state index contributed by atoms with van der Waals surface area (Å²) in [5, 5.41) is 11.1. The number of nitrogens with one attached hydrogen (secondary N) is 1. The standard InChI is InChI=1S/C17H26BrN7S.HI/c1-19-17(20-6-2-3-7-24-13-21-22-14-24)25-10-8-23(9-11-25)12-15-4-5-16(18)26-15;/h4-5,13-14H,2-3,6-12H2,1H3,(H,19,20);1H. The first-order valence-corrected chi connectivity index (χ1v) is 10.6. The average Bonchev–Trinajstić information content (AvgIpc) is 3.31. The SMILES string of the molecule is CN=C(NCCCCn1cnnc1)N1CCN(Cc2ccc(Br)s2)CC1.I. The van der Waals surface area contributed by atoms with Gasteiger partial charge in [0.25, 0.3) is 0 Å². The Labute approximate surface area is 190 Å². The zero-order chi connectivity index (χ0) is 18.2. The lowest BCUT2D eigenvalue weighted by atomic mass is 10.3. The maximum atomic E-state index is 4.46. The van der Waals surface area contributed by atoms with Gasteiger partial charge in [-0.15, -0.1) is 45.5 Å². The maximum Gasteiger partial charge on any atom is 0.193 e. The summed E-state index contributed by atoms with van der Waals surface area (Å²) in [5.41, 5.74) is 0. The van der Waals surface area contributed by atoms with E-state index in [0.717, 1.165) is 64.6 Å². The van der Waals surface area contributed by atoms with Crippen LogP contribution in [0.3, 0.4) is 0 Å². The van der Waals surface area contributed by atoms with E-state index in [9.17, 15) is 0 Å². The van der Waals surface area contributed by atoms with Crippen molar-refractivity contribution in [3.8, 4) is 0 Å². The van der Waals surface area contributed by atoms with Gasteiger partial charge in [-0.05, 0) is 40.9 Å². The van der Waals surface area contributed by atoms with Crippen LogP contribution in [0.2, 0.25) is 0 Å². The Hall–Kier alpha value is -0.720. The molecule has 0 amide bonds. The van der Waals surface area contributed by atoms with Crippen molar-refractivity contribution in [2.75, 3.05) is 39.8 Å². The molecule has 0 radical (unpaired) electrons. The van der Waals surface area contributed by atoms with E-state index in [4.69, 9.17) is 0 Å². The summed E-state index contributed by atoms with van der Waals surface area (Å²) in [6, 6.07) is 4.34. The molecule has 2 aromatic heterocycles. The number of hydrogen-bond acceptors (Lipinski definition) is 5. The third-order valence-electron chi connectivity index (χ3n) is 4.48. The maximum absolute atomic E-state index is 4.46. The van der Waals surface area contributed by atoms with E-state index in [1.807, 2.05) is 23.0 Å². The van der Waals surface area contributed by atoms with Crippen LogP contribution in [0.15, 0.2) is 33.6 Å². The van der Waals surface area contributed by atoms with Crippen molar-refractivity contribution in [1.29, 1.82) is 0 Å². The molecule has 0 aliphatic carbocycles. The number of thiophene rings is 1. The Morgan fingerprint density at radius 3 is 2.56 bits per heavy atom. The summed E-state index contributed by atoms with van der Waals surface area (Å²) in [5.74, 6) is 1.02. The van der Waals surface area contributed by atoms with Crippen LogP contribution in [0.25, 0.3) is 0 Å². The number of halogens is 2.